The number of hydrogen-bond donors (Lipinski definition) is 1. The molecule has 2 unspecified atom stereocenters. The minimum atomic E-state index is -0.451. The van der Waals surface area contributed by atoms with Gasteiger partial charge in [-0.15, -0.1) is 0 Å². The number of nitrogens with one attached hydrogen (secondary N) is 1. The third-order valence-electron chi connectivity index (χ3n) is 4.88. The van der Waals surface area contributed by atoms with Gasteiger partial charge in [-0.3, -0.25) is 0 Å². The summed E-state index contributed by atoms with van der Waals surface area (Å²) in [5.41, 5.74) is 0.687. The van der Waals surface area contributed by atoms with E-state index in [9.17, 15) is 4.79 Å². The van der Waals surface area contributed by atoms with Crippen LogP contribution >= 0.6 is 15.9 Å². The van der Waals surface area contributed by atoms with E-state index in [1.54, 1.807) is 0 Å². The number of unbranched alkanes of at least 4 members (excludes halogenated alkanes) is 1. The van der Waals surface area contributed by atoms with Crippen molar-refractivity contribution in [3.05, 3.63) is 10.2 Å². The number of rotatable bonds is 3. The highest BCUT2D eigenvalue weighted by Gasteiger charge is 2.39. The molecule has 1 aromatic rings. The number of aromatic nitrogens is 2. The summed E-state index contributed by atoms with van der Waals surface area (Å²) in [5, 5.41) is 8.38. The first-order chi connectivity index (χ1) is 11.8. The Labute approximate surface area is 158 Å². The summed E-state index contributed by atoms with van der Waals surface area (Å²) < 4.78 is 8.78. The maximum absolute atomic E-state index is 12.4. The number of hydrogen-bond acceptors (Lipinski definition) is 4. The molecule has 2 atom stereocenters. The van der Waals surface area contributed by atoms with E-state index in [1.807, 2.05) is 25.7 Å². The van der Waals surface area contributed by atoms with Gasteiger partial charge in [0.1, 0.15) is 11.4 Å². The summed E-state index contributed by atoms with van der Waals surface area (Å²) in [6.45, 7) is 10.2. The highest BCUT2D eigenvalue weighted by molar-refractivity contribution is 9.10. The van der Waals surface area contributed by atoms with Gasteiger partial charge in [0.15, 0.2) is 0 Å². The van der Waals surface area contributed by atoms with Crippen molar-refractivity contribution in [2.75, 3.05) is 25.0 Å². The van der Waals surface area contributed by atoms with Gasteiger partial charge in [-0.1, -0.05) is 13.3 Å². The SMILES string of the molecule is CCCCc1nn2c(c1Br)NCC1CN(C(=O)OC(C)(C)C)CCC12. The third kappa shape index (κ3) is 3.96. The van der Waals surface area contributed by atoms with Crippen LogP contribution in [0.2, 0.25) is 0 Å². The van der Waals surface area contributed by atoms with E-state index in [0.29, 0.717) is 18.5 Å². The molecule has 1 fully saturated rings. The van der Waals surface area contributed by atoms with Crippen molar-refractivity contribution >= 4 is 27.8 Å². The molecule has 0 aromatic carbocycles. The number of amides is 1. The minimum Gasteiger partial charge on any atom is -0.444 e. The second-order valence-electron chi connectivity index (χ2n) is 8.08. The Morgan fingerprint density at radius 3 is 2.88 bits per heavy atom. The molecular formula is C18H29BrN4O2. The Morgan fingerprint density at radius 2 is 2.20 bits per heavy atom. The van der Waals surface area contributed by atoms with Gasteiger partial charge < -0.3 is 15.0 Å². The number of fused-ring (bicyclic) bond motifs is 3. The Kier molecular flexibility index (Phi) is 5.32. The number of carbonyl (C=O) groups excluding carboxylic acids is 1. The molecule has 0 saturated carbocycles. The first-order valence-corrected chi connectivity index (χ1v) is 10.1. The van der Waals surface area contributed by atoms with E-state index in [1.165, 1.54) is 6.42 Å². The molecule has 7 heteroatoms. The Morgan fingerprint density at radius 1 is 1.44 bits per heavy atom. The number of aryl methyl sites for hydroxylation is 1. The fraction of sp³-hybridized carbons (Fsp3) is 0.778. The van der Waals surface area contributed by atoms with Crippen LogP contribution in [0.15, 0.2) is 4.47 Å². The predicted octanol–water partition coefficient (Wildman–Crippen LogP) is 4.21. The van der Waals surface area contributed by atoms with Crippen molar-refractivity contribution in [1.29, 1.82) is 0 Å². The molecule has 140 valence electrons. The van der Waals surface area contributed by atoms with Crippen LogP contribution in [0, 0.1) is 5.92 Å². The van der Waals surface area contributed by atoms with Crippen LogP contribution in [0.25, 0.3) is 0 Å². The molecule has 25 heavy (non-hydrogen) atoms. The molecule has 0 aliphatic carbocycles. The molecule has 0 radical (unpaired) electrons. The van der Waals surface area contributed by atoms with Crippen molar-refractivity contribution in [2.45, 2.75) is 65.0 Å². The van der Waals surface area contributed by atoms with Crippen molar-refractivity contribution in [2.24, 2.45) is 5.92 Å². The van der Waals surface area contributed by atoms with Crippen molar-refractivity contribution in [3.8, 4) is 0 Å². The van der Waals surface area contributed by atoms with Gasteiger partial charge >= 0.3 is 6.09 Å². The summed E-state index contributed by atoms with van der Waals surface area (Å²) in [5.74, 6) is 1.46. The highest BCUT2D eigenvalue weighted by atomic mass is 79.9. The largest absolute Gasteiger partial charge is 0.444 e. The van der Waals surface area contributed by atoms with Crippen LogP contribution in [0.3, 0.4) is 0 Å². The van der Waals surface area contributed by atoms with E-state index in [0.717, 1.165) is 48.3 Å². The van der Waals surface area contributed by atoms with Gasteiger partial charge in [-0.05, 0) is 56.0 Å². The lowest BCUT2D eigenvalue weighted by molar-refractivity contribution is 0.0107. The standard InChI is InChI=1S/C18H29BrN4O2/c1-5-6-7-13-15(19)16-20-10-12-11-22(17(24)25-18(2,3)4)9-8-14(12)23(16)21-13/h12,14,20H,5-11H2,1-4H3. The van der Waals surface area contributed by atoms with Gasteiger partial charge in [0.2, 0.25) is 0 Å². The lowest BCUT2D eigenvalue weighted by Crippen LogP contribution is -2.50. The van der Waals surface area contributed by atoms with Gasteiger partial charge in [-0.2, -0.15) is 5.10 Å². The molecule has 2 aliphatic heterocycles. The summed E-state index contributed by atoms with van der Waals surface area (Å²) in [7, 11) is 0. The smallest absolute Gasteiger partial charge is 0.410 e. The molecule has 3 heterocycles. The maximum atomic E-state index is 12.4. The van der Waals surface area contributed by atoms with Crippen molar-refractivity contribution in [1.82, 2.24) is 14.7 Å². The molecule has 1 saturated heterocycles. The first kappa shape index (κ1) is 18.5. The highest BCUT2D eigenvalue weighted by Crippen LogP contribution is 2.39. The Balaban J connectivity index is 1.71. The van der Waals surface area contributed by atoms with Crippen LogP contribution in [0.5, 0.6) is 0 Å². The lowest BCUT2D eigenvalue weighted by Gasteiger charge is -2.42. The minimum absolute atomic E-state index is 0.206. The number of carbonyl (C=O) groups is 1. The van der Waals surface area contributed by atoms with E-state index < -0.39 is 5.60 Å². The second-order valence-corrected chi connectivity index (χ2v) is 8.87. The van der Waals surface area contributed by atoms with Crippen LogP contribution in [-0.4, -0.2) is 46.0 Å². The molecule has 6 nitrogen and oxygen atoms in total. The fourth-order valence-corrected chi connectivity index (χ4v) is 4.23. The average Bonchev–Trinajstić information content (AvgIpc) is 2.87. The van der Waals surface area contributed by atoms with Gasteiger partial charge in [-0.25, -0.2) is 9.48 Å². The van der Waals surface area contributed by atoms with Crippen LogP contribution in [0.1, 0.15) is 58.7 Å². The Bertz CT molecular complexity index is 638. The molecule has 1 amide bonds. The zero-order valence-electron chi connectivity index (χ0n) is 15.6. The fourth-order valence-electron chi connectivity index (χ4n) is 3.63. The van der Waals surface area contributed by atoms with E-state index in [4.69, 9.17) is 9.84 Å². The molecule has 0 bridgehead atoms. The molecular weight excluding hydrogens is 384 g/mol. The second kappa shape index (κ2) is 7.17. The summed E-state index contributed by atoms with van der Waals surface area (Å²) >= 11 is 3.72. The number of likely N-dealkylation sites (tertiary alicyclic amines) is 1. The number of nitrogens with zero attached hydrogens (tertiary/aromatic N) is 3. The van der Waals surface area contributed by atoms with Crippen LogP contribution in [-0.2, 0) is 11.2 Å². The predicted molar refractivity (Wildman–Crippen MR) is 102 cm³/mol. The molecule has 1 aromatic heterocycles. The molecule has 3 rings (SSSR count). The van der Waals surface area contributed by atoms with E-state index in [2.05, 4.69) is 32.9 Å². The van der Waals surface area contributed by atoms with Crippen molar-refractivity contribution in [3.63, 3.8) is 0 Å². The molecule has 0 spiro atoms. The average molecular weight is 413 g/mol. The van der Waals surface area contributed by atoms with E-state index >= 15 is 0 Å². The molecule has 2 aliphatic rings. The quantitative estimate of drug-likeness (QED) is 0.807. The normalized spacial score (nSPS) is 22.8. The summed E-state index contributed by atoms with van der Waals surface area (Å²) in [4.78, 5) is 14.2. The zero-order chi connectivity index (χ0) is 18.2. The number of halogens is 1. The van der Waals surface area contributed by atoms with Crippen LogP contribution in [0.4, 0.5) is 10.6 Å². The summed E-state index contributed by atoms with van der Waals surface area (Å²) in [6, 6.07) is 0.349. The van der Waals surface area contributed by atoms with Gasteiger partial charge in [0.05, 0.1) is 16.2 Å². The number of piperidine rings is 1. The molecule has 1 N–H and O–H groups in total. The van der Waals surface area contributed by atoms with E-state index in [-0.39, 0.29) is 6.09 Å². The lowest BCUT2D eigenvalue weighted by atomic mass is 9.91. The van der Waals surface area contributed by atoms with Gasteiger partial charge in [0.25, 0.3) is 0 Å². The maximum Gasteiger partial charge on any atom is 0.410 e. The first-order valence-electron chi connectivity index (χ1n) is 9.29. The number of ether oxygens (including phenoxy) is 1. The monoisotopic (exact) mass is 412 g/mol. The number of anilines is 1. The topological polar surface area (TPSA) is 59.4 Å². The third-order valence-corrected chi connectivity index (χ3v) is 5.71. The zero-order valence-corrected chi connectivity index (χ0v) is 17.2. The summed E-state index contributed by atoms with van der Waals surface area (Å²) in [6.07, 6.45) is 4.02. The van der Waals surface area contributed by atoms with Gasteiger partial charge in [0, 0.05) is 25.6 Å². The van der Waals surface area contributed by atoms with Crippen molar-refractivity contribution < 1.29 is 9.53 Å². The van der Waals surface area contributed by atoms with Crippen LogP contribution < -0.4 is 5.32 Å². The Hall–Kier alpha value is -1.24.